The molecule has 0 bridgehead atoms. The van der Waals surface area contributed by atoms with Gasteiger partial charge in [-0.25, -0.2) is 14.9 Å². The van der Waals surface area contributed by atoms with Gasteiger partial charge in [0.05, 0.1) is 0 Å². The van der Waals surface area contributed by atoms with E-state index in [2.05, 4.69) is 19.9 Å². The Bertz CT molecular complexity index is 867. The molecule has 21 heavy (non-hydrogen) atoms. The van der Waals surface area contributed by atoms with Crippen molar-refractivity contribution >= 4 is 34.5 Å². The highest BCUT2D eigenvalue weighted by Gasteiger charge is 2.30. The van der Waals surface area contributed by atoms with Gasteiger partial charge in [0.2, 0.25) is 6.17 Å². The van der Waals surface area contributed by atoms with Crippen LogP contribution in [0.5, 0.6) is 0 Å². The van der Waals surface area contributed by atoms with E-state index in [1.54, 1.807) is 0 Å². The summed E-state index contributed by atoms with van der Waals surface area (Å²) in [6.07, 6.45) is -0.240. The lowest BCUT2D eigenvalue weighted by Gasteiger charge is -2.18. The first kappa shape index (κ1) is 12.2. The first-order chi connectivity index (χ1) is 10.2. The normalized spacial score (nSPS) is 17.2. The number of nitrogens with two attached hydrogens (primary N) is 1. The molecule has 0 saturated carbocycles. The van der Waals surface area contributed by atoms with Crippen LogP contribution in [0.25, 0.3) is 11.0 Å². The maximum Gasteiger partial charge on any atom is 0.365 e. The number of aliphatic imine (C=N–C) groups is 1. The zero-order valence-electron chi connectivity index (χ0n) is 11.0. The van der Waals surface area contributed by atoms with Gasteiger partial charge in [-0.15, -0.1) is 0 Å². The number of imidazole rings is 1. The third kappa shape index (κ3) is 1.94. The Morgan fingerprint density at radius 3 is 2.86 bits per heavy atom. The van der Waals surface area contributed by atoms with Gasteiger partial charge in [0.1, 0.15) is 11.0 Å². The van der Waals surface area contributed by atoms with E-state index in [4.69, 9.17) is 17.3 Å². The van der Waals surface area contributed by atoms with Crippen LogP contribution in [-0.2, 0) is 0 Å². The van der Waals surface area contributed by atoms with Gasteiger partial charge in [0, 0.05) is 10.6 Å². The van der Waals surface area contributed by atoms with Crippen molar-refractivity contribution in [1.29, 1.82) is 0 Å². The maximum absolute atomic E-state index is 6.11. The number of aromatic nitrogens is 2. The first-order valence-electron chi connectivity index (χ1n) is 6.60. The summed E-state index contributed by atoms with van der Waals surface area (Å²) in [5.74, 6) is 1.19. The SMILES string of the molecule is NC1=N[C@H](c2cccc(Cl)c2)[n+]2c([nH]c3ccccc32)N1. The van der Waals surface area contributed by atoms with Gasteiger partial charge in [0.25, 0.3) is 5.96 Å². The summed E-state index contributed by atoms with van der Waals surface area (Å²) in [5.41, 5.74) is 8.98. The molecular weight excluding hydrogens is 286 g/mol. The van der Waals surface area contributed by atoms with Crippen LogP contribution in [0.4, 0.5) is 5.95 Å². The van der Waals surface area contributed by atoms with Crippen LogP contribution in [0.15, 0.2) is 53.5 Å². The molecule has 1 atom stereocenters. The minimum atomic E-state index is -0.240. The zero-order valence-corrected chi connectivity index (χ0v) is 11.8. The molecule has 0 spiro atoms. The third-order valence-electron chi connectivity index (χ3n) is 3.56. The minimum Gasteiger partial charge on any atom is -0.357 e. The second kappa shape index (κ2) is 4.49. The summed E-state index contributed by atoms with van der Waals surface area (Å²) in [5, 5.41) is 3.75. The van der Waals surface area contributed by atoms with E-state index in [0.29, 0.717) is 11.0 Å². The largest absolute Gasteiger partial charge is 0.365 e. The van der Waals surface area contributed by atoms with Crippen LogP contribution in [0, 0.1) is 0 Å². The molecule has 1 aromatic heterocycles. The predicted octanol–water partition coefficient (Wildman–Crippen LogP) is 2.40. The number of aromatic amines is 1. The molecule has 4 N–H and O–H groups in total. The van der Waals surface area contributed by atoms with E-state index < -0.39 is 0 Å². The van der Waals surface area contributed by atoms with Crippen molar-refractivity contribution in [3.05, 3.63) is 59.1 Å². The van der Waals surface area contributed by atoms with Crippen molar-refractivity contribution in [2.24, 2.45) is 10.7 Å². The Kier molecular flexibility index (Phi) is 2.62. The van der Waals surface area contributed by atoms with Crippen LogP contribution in [0.2, 0.25) is 5.02 Å². The van der Waals surface area contributed by atoms with E-state index in [1.807, 2.05) is 48.5 Å². The molecular formula is C15H13ClN5+. The smallest absolute Gasteiger partial charge is 0.357 e. The summed E-state index contributed by atoms with van der Waals surface area (Å²) in [6, 6.07) is 15.7. The second-order valence-electron chi connectivity index (χ2n) is 4.93. The van der Waals surface area contributed by atoms with Gasteiger partial charge in [0.15, 0.2) is 0 Å². The number of benzene rings is 2. The minimum absolute atomic E-state index is 0.240. The molecule has 1 aliphatic rings. The Labute approximate surface area is 126 Å². The summed E-state index contributed by atoms with van der Waals surface area (Å²) >= 11 is 6.11. The van der Waals surface area contributed by atoms with E-state index in [1.165, 1.54) is 0 Å². The molecule has 6 heteroatoms. The Hall–Kier alpha value is -2.53. The number of fused-ring (bicyclic) bond motifs is 3. The number of H-pyrrole nitrogens is 1. The second-order valence-corrected chi connectivity index (χ2v) is 5.37. The molecule has 0 fully saturated rings. The third-order valence-corrected chi connectivity index (χ3v) is 3.79. The number of guanidine groups is 1. The summed E-state index contributed by atoms with van der Waals surface area (Å²) < 4.78 is 2.08. The fourth-order valence-corrected chi connectivity index (χ4v) is 2.88. The lowest BCUT2D eigenvalue weighted by atomic mass is 10.1. The average Bonchev–Trinajstić information content (AvgIpc) is 2.84. The fraction of sp³-hybridized carbons (Fsp3) is 0.0667. The Balaban J connectivity index is 1.97. The molecule has 5 nitrogen and oxygen atoms in total. The molecule has 3 aromatic rings. The van der Waals surface area contributed by atoms with Crippen molar-refractivity contribution < 1.29 is 4.57 Å². The van der Waals surface area contributed by atoms with Crippen LogP contribution >= 0.6 is 11.6 Å². The number of nitrogens with zero attached hydrogens (tertiary/aromatic N) is 2. The molecule has 0 aliphatic carbocycles. The number of halogens is 1. The van der Waals surface area contributed by atoms with Crippen LogP contribution in [0.3, 0.4) is 0 Å². The number of rotatable bonds is 1. The van der Waals surface area contributed by atoms with Gasteiger partial charge < -0.3 is 5.73 Å². The lowest BCUT2D eigenvalue weighted by Crippen LogP contribution is -2.48. The molecule has 0 amide bonds. The molecule has 2 aromatic carbocycles. The van der Waals surface area contributed by atoms with Crippen LogP contribution in [-0.4, -0.2) is 10.9 Å². The van der Waals surface area contributed by atoms with Gasteiger partial charge >= 0.3 is 5.95 Å². The number of para-hydroxylation sites is 2. The fourth-order valence-electron chi connectivity index (χ4n) is 2.68. The van der Waals surface area contributed by atoms with Gasteiger partial charge in [-0.3, -0.25) is 0 Å². The lowest BCUT2D eigenvalue weighted by molar-refractivity contribution is -0.674. The maximum atomic E-state index is 6.11. The average molecular weight is 299 g/mol. The summed E-state index contributed by atoms with van der Waals surface area (Å²) in [4.78, 5) is 7.84. The first-order valence-corrected chi connectivity index (χ1v) is 6.98. The molecule has 4 rings (SSSR count). The molecule has 0 saturated heterocycles. The molecule has 104 valence electrons. The highest BCUT2D eigenvalue weighted by Crippen LogP contribution is 2.25. The number of nitrogens with one attached hydrogen (secondary N) is 2. The van der Waals surface area contributed by atoms with Crippen molar-refractivity contribution in [1.82, 2.24) is 4.98 Å². The van der Waals surface area contributed by atoms with Crippen molar-refractivity contribution in [2.75, 3.05) is 5.32 Å². The predicted molar refractivity (Wildman–Crippen MR) is 83.3 cm³/mol. The van der Waals surface area contributed by atoms with E-state index >= 15 is 0 Å². The number of hydrogen-bond donors (Lipinski definition) is 3. The zero-order chi connectivity index (χ0) is 14.4. The van der Waals surface area contributed by atoms with Crippen molar-refractivity contribution in [3.8, 4) is 0 Å². The van der Waals surface area contributed by atoms with E-state index in [0.717, 1.165) is 22.5 Å². The molecule has 0 unspecified atom stereocenters. The van der Waals surface area contributed by atoms with Gasteiger partial charge in [-0.05, 0) is 24.3 Å². The monoisotopic (exact) mass is 298 g/mol. The summed E-state index contributed by atoms with van der Waals surface area (Å²) in [7, 11) is 0. The standard InChI is InChI=1S/C15H12ClN5/c16-10-5-3-4-9(8-10)13-19-14(17)20-15-18-11-6-1-2-7-12(11)21(13)15/h1-8,13H,(H3,17,18,19,20)/p+1/t13-/m0/s1. The summed E-state index contributed by atoms with van der Waals surface area (Å²) in [6.45, 7) is 0. The van der Waals surface area contributed by atoms with E-state index in [9.17, 15) is 0 Å². The Morgan fingerprint density at radius 2 is 2.00 bits per heavy atom. The highest BCUT2D eigenvalue weighted by atomic mass is 35.5. The Morgan fingerprint density at radius 1 is 1.14 bits per heavy atom. The van der Waals surface area contributed by atoms with E-state index in [-0.39, 0.29) is 6.17 Å². The van der Waals surface area contributed by atoms with Crippen LogP contribution < -0.4 is 15.6 Å². The topological polar surface area (TPSA) is 70.1 Å². The number of anilines is 1. The molecule has 0 radical (unpaired) electrons. The molecule has 2 heterocycles. The molecule has 1 aliphatic heterocycles. The van der Waals surface area contributed by atoms with Crippen LogP contribution in [0.1, 0.15) is 11.7 Å². The van der Waals surface area contributed by atoms with Gasteiger partial charge in [-0.1, -0.05) is 35.9 Å². The highest BCUT2D eigenvalue weighted by molar-refractivity contribution is 6.30. The number of hydrogen-bond acceptors (Lipinski definition) is 3. The van der Waals surface area contributed by atoms with Gasteiger partial charge in [-0.2, -0.15) is 4.99 Å². The van der Waals surface area contributed by atoms with Crippen molar-refractivity contribution in [3.63, 3.8) is 0 Å². The quantitative estimate of drug-likeness (QED) is 0.604. The van der Waals surface area contributed by atoms with Crippen molar-refractivity contribution in [2.45, 2.75) is 6.17 Å².